The van der Waals surface area contributed by atoms with Gasteiger partial charge in [0.2, 0.25) is 0 Å². The Kier molecular flexibility index (Phi) is 6.38. The van der Waals surface area contributed by atoms with Gasteiger partial charge in [-0.15, -0.1) is 18.3 Å². The lowest BCUT2D eigenvalue weighted by molar-refractivity contribution is -0.274. The number of aromatic nitrogens is 5. The van der Waals surface area contributed by atoms with Crippen LogP contribution in [-0.4, -0.2) is 42.2 Å². The minimum absolute atomic E-state index is 0.103. The molecule has 0 atom stereocenters. The monoisotopic (exact) mass is 553 g/mol. The number of hydrogen-bond donors (Lipinski definition) is 1. The molecule has 6 aromatic rings. The van der Waals surface area contributed by atoms with Crippen molar-refractivity contribution in [1.82, 2.24) is 24.7 Å². The van der Waals surface area contributed by atoms with E-state index in [1.54, 1.807) is 53.5 Å². The maximum Gasteiger partial charge on any atom is 0.573 e. The first-order valence-electron chi connectivity index (χ1n) is 12.2. The quantitative estimate of drug-likeness (QED) is 0.242. The van der Waals surface area contributed by atoms with Crippen LogP contribution in [0, 0.1) is 0 Å². The van der Waals surface area contributed by atoms with E-state index in [1.807, 2.05) is 30.3 Å². The minimum Gasteiger partial charge on any atom is -0.478 e. The second-order valence-electron chi connectivity index (χ2n) is 8.94. The first-order chi connectivity index (χ1) is 19.7. The molecule has 8 nitrogen and oxygen atoms in total. The fourth-order valence-electron chi connectivity index (χ4n) is 4.34. The van der Waals surface area contributed by atoms with Crippen LogP contribution in [0.2, 0.25) is 0 Å². The molecule has 11 heteroatoms. The summed E-state index contributed by atoms with van der Waals surface area (Å²) in [7, 11) is 0. The van der Waals surface area contributed by atoms with Gasteiger partial charge in [0.1, 0.15) is 5.75 Å². The Labute approximate surface area is 230 Å². The van der Waals surface area contributed by atoms with Crippen molar-refractivity contribution >= 4 is 17.0 Å². The van der Waals surface area contributed by atoms with E-state index in [0.717, 1.165) is 5.56 Å². The highest BCUT2D eigenvalue weighted by molar-refractivity contribution is 5.88. The summed E-state index contributed by atoms with van der Waals surface area (Å²) in [5, 5.41) is 14.2. The maximum atomic E-state index is 12.5. The number of nitrogens with zero attached hydrogens (tertiary/aromatic N) is 5. The van der Waals surface area contributed by atoms with Crippen LogP contribution in [0.5, 0.6) is 5.75 Å². The Morgan fingerprint density at radius 3 is 2.07 bits per heavy atom. The number of ether oxygens (including phenoxy) is 1. The molecule has 4 aromatic carbocycles. The molecule has 0 aliphatic rings. The fraction of sp³-hybridized carbons (Fsp3) is 0.0333. The third-order valence-electron chi connectivity index (χ3n) is 6.24. The van der Waals surface area contributed by atoms with E-state index in [-0.39, 0.29) is 11.3 Å². The largest absolute Gasteiger partial charge is 0.573 e. The molecule has 1 N–H and O–H groups in total. The Balaban J connectivity index is 1.39. The Hall–Kier alpha value is -5.58. The number of carbonyl (C=O) groups is 1. The van der Waals surface area contributed by atoms with Gasteiger partial charge in [0, 0.05) is 23.5 Å². The van der Waals surface area contributed by atoms with Gasteiger partial charge < -0.3 is 9.84 Å². The molecule has 41 heavy (non-hydrogen) atoms. The molecule has 0 unspecified atom stereocenters. The van der Waals surface area contributed by atoms with Gasteiger partial charge >= 0.3 is 12.3 Å². The number of aromatic carboxylic acids is 1. The van der Waals surface area contributed by atoms with Crippen LogP contribution < -0.4 is 4.74 Å². The van der Waals surface area contributed by atoms with Gasteiger partial charge in [-0.1, -0.05) is 42.5 Å². The summed E-state index contributed by atoms with van der Waals surface area (Å²) < 4.78 is 42.9. The highest BCUT2D eigenvalue weighted by atomic mass is 19.4. The molecular weight excluding hydrogens is 535 g/mol. The molecule has 0 saturated carbocycles. The average Bonchev–Trinajstić information content (AvgIpc) is 3.42. The zero-order chi connectivity index (χ0) is 28.6. The van der Waals surface area contributed by atoms with Crippen LogP contribution in [-0.2, 0) is 0 Å². The lowest BCUT2D eigenvalue weighted by Gasteiger charge is -2.09. The van der Waals surface area contributed by atoms with Crippen molar-refractivity contribution in [3.05, 3.63) is 109 Å². The molecule has 6 rings (SSSR count). The average molecular weight is 554 g/mol. The van der Waals surface area contributed by atoms with Crippen molar-refractivity contribution in [3.63, 3.8) is 0 Å². The SMILES string of the molecule is O=C(O)c1cccc(-n2nc(-c3ccc(-c4ccc(OC(F)(F)F)cc4)cc3)nc2-c2ccc3nccnc3c2)c1. The standard InChI is InChI=1S/C30H18F3N5O3/c31-30(32,33)41-24-11-8-19(9-12-24)18-4-6-20(7-5-18)27-36-28(21-10-13-25-26(17-21)35-15-14-34-25)38(37-27)23-3-1-2-22(16-23)29(39)40/h1-17H,(H,39,40). The van der Waals surface area contributed by atoms with Gasteiger partial charge in [-0.25, -0.2) is 14.5 Å². The van der Waals surface area contributed by atoms with E-state index < -0.39 is 12.3 Å². The normalized spacial score (nSPS) is 11.5. The van der Waals surface area contributed by atoms with Crippen molar-refractivity contribution in [3.8, 4) is 45.3 Å². The van der Waals surface area contributed by atoms with Gasteiger partial charge in [0.15, 0.2) is 11.6 Å². The summed E-state index contributed by atoms with van der Waals surface area (Å²) in [4.78, 5) is 25.1. The molecule has 0 aliphatic carbocycles. The molecule has 2 heterocycles. The topological polar surface area (TPSA) is 103 Å². The molecule has 202 valence electrons. The van der Waals surface area contributed by atoms with Gasteiger partial charge in [-0.3, -0.25) is 9.97 Å². The molecule has 0 bridgehead atoms. The number of hydrogen-bond acceptors (Lipinski definition) is 6. The highest BCUT2D eigenvalue weighted by Crippen LogP contribution is 2.30. The van der Waals surface area contributed by atoms with Crippen LogP contribution in [0.25, 0.3) is 50.6 Å². The summed E-state index contributed by atoms with van der Waals surface area (Å²) >= 11 is 0. The number of carboxylic acid groups (broad SMARTS) is 1. The van der Waals surface area contributed by atoms with E-state index in [9.17, 15) is 23.1 Å². The van der Waals surface area contributed by atoms with Crippen molar-refractivity contribution in [1.29, 1.82) is 0 Å². The zero-order valence-corrected chi connectivity index (χ0v) is 20.9. The zero-order valence-electron chi connectivity index (χ0n) is 20.9. The van der Waals surface area contributed by atoms with Crippen LogP contribution in [0.4, 0.5) is 13.2 Å². The van der Waals surface area contributed by atoms with Crippen molar-refractivity contribution in [2.45, 2.75) is 6.36 Å². The Morgan fingerprint density at radius 1 is 0.756 bits per heavy atom. The molecular formula is C30H18F3N5O3. The molecule has 0 spiro atoms. The number of rotatable bonds is 6. The van der Waals surface area contributed by atoms with E-state index >= 15 is 0 Å². The van der Waals surface area contributed by atoms with Gasteiger partial charge in [0.25, 0.3) is 0 Å². The fourth-order valence-corrected chi connectivity index (χ4v) is 4.34. The molecule has 0 aliphatic heterocycles. The Morgan fingerprint density at radius 2 is 1.39 bits per heavy atom. The van der Waals surface area contributed by atoms with Crippen LogP contribution >= 0.6 is 0 Å². The number of benzene rings is 4. The second kappa shape index (κ2) is 10.2. The van der Waals surface area contributed by atoms with Gasteiger partial charge in [-0.2, -0.15) is 0 Å². The van der Waals surface area contributed by atoms with E-state index in [1.165, 1.54) is 24.3 Å². The molecule has 0 radical (unpaired) electrons. The predicted molar refractivity (Wildman–Crippen MR) is 144 cm³/mol. The summed E-state index contributed by atoms with van der Waals surface area (Å²) in [6.07, 6.45) is -1.56. The smallest absolute Gasteiger partial charge is 0.478 e. The third-order valence-corrected chi connectivity index (χ3v) is 6.24. The first-order valence-corrected chi connectivity index (χ1v) is 12.2. The van der Waals surface area contributed by atoms with Crippen molar-refractivity contribution in [2.75, 3.05) is 0 Å². The summed E-state index contributed by atoms with van der Waals surface area (Å²) in [6.45, 7) is 0. The maximum absolute atomic E-state index is 12.5. The van der Waals surface area contributed by atoms with E-state index in [0.29, 0.717) is 45.1 Å². The summed E-state index contributed by atoms with van der Waals surface area (Å²) in [6, 6.07) is 24.7. The molecule has 0 amide bonds. The highest BCUT2D eigenvalue weighted by Gasteiger charge is 2.31. The Bertz CT molecular complexity index is 1890. The molecule has 0 fully saturated rings. The van der Waals surface area contributed by atoms with Crippen LogP contribution in [0.1, 0.15) is 10.4 Å². The number of carboxylic acids is 1. The van der Waals surface area contributed by atoms with Crippen molar-refractivity contribution in [2.24, 2.45) is 0 Å². The third kappa shape index (κ3) is 5.46. The number of fused-ring (bicyclic) bond motifs is 1. The predicted octanol–water partition coefficient (Wildman–Crippen LogP) is 6.81. The first kappa shape index (κ1) is 25.7. The van der Waals surface area contributed by atoms with Crippen LogP contribution in [0.3, 0.4) is 0 Å². The summed E-state index contributed by atoms with van der Waals surface area (Å²) in [5.41, 5.74) is 4.85. The second-order valence-corrected chi connectivity index (χ2v) is 8.94. The van der Waals surface area contributed by atoms with E-state index in [4.69, 9.17) is 10.1 Å². The van der Waals surface area contributed by atoms with Gasteiger partial charge in [0.05, 0.1) is 22.3 Å². The lowest BCUT2D eigenvalue weighted by Crippen LogP contribution is -2.16. The van der Waals surface area contributed by atoms with Crippen molar-refractivity contribution < 1.29 is 27.8 Å². The van der Waals surface area contributed by atoms with Gasteiger partial charge in [-0.05, 0) is 59.7 Å². The minimum atomic E-state index is -4.76. The number of halogens is 3. The van der Waals surface area contributed by atoms with E-state index in [2.05, 4.69) is 14.7 Å². The summed E-state index contributed by atoms with van der Waals surface area (Å²) in [5.74, 6) is -0.505. The number of alkyl halides is 3. The molecule has 0 saturated heterocycles. The van der Waals surface area contributed by atoms with Crippen LogP contribution in [0.15, 0.2) is 103 Å². The lowest BCUT2D eigenvalue weighted by atomic mass is 10.0. The molecule has 2 aromatic heterocycles.